The quantitative estimate of drug-likeness (QED) is 0.621. The van der Waals surface area contributed by atoms with Crippen LogP contribution in [0.25, 0.3) is 0 Å². The summed E-state index contributed by atoms with van der Waals surface area (Å²) < 4.78 is 13.8. The molecular formula is C8H8FI. The summed E-state index contributed by atoms with van der Waals surface area (Å²) >= 11 is 2.22. The van der Waals surface area contributed by atoms with Crippen molar-refractivity contribution < 1.29 is 4.39 Å². The molecule has 1 rings (SSSR count). The predicted octanol–water partition coefficient (Wildman–Crippen LogP) is 3.05. The molecule has 0 aromatic heterocycles. The maximum Gasteiger partial charge on any atom is 0.123 e. The molecular weight excluding hydrogens is 242 g/mol. The van der Waals surface area contributed by atoms with Crippen LogP contribution < -0.4 is 0 Å². The second-order valence-electron chi connectivity index (χ2n) is 2.35. The number of halogens is 2. The minimum absolute atomic E-state index is 0.143. The predicted molar refractivity (Wildman–Crippen MR) is 48.6 cm³/mol. The number of benzene rings is 1. The van der Waals surface area contributed by atoms with Crippen molar-refractivity contribution in [2.45, 2.75) is 13.8 Å². The van der Waals surface area contributed by atoms with E-state index in [0.717, 1.165) is 14.7 Å². The zero-order valence-electron chi connectivity index (χ0n) is 5.91. The summed E-state index contributed by atoms with van der Waals surface area (Å²) in [7, 11) is 0. The van der Waals surface area contributed by atoms with Crippen molar-refractivity contribution in [1.82, 2.24) is 0 Å². The first-order valence-electron chi connectivity index (χ1n) is 3.03. The number of hydrogen-bond donors (Lipinski definition) is 0. The van der Waals surface area contributed by atoms with Gasteiger partial charge in [0.05, 0.1) is 0 Å². The smallest absolute Gasteiger partial charge is 0.123 e. The molecule has 0 bridgehead atoms. The Kier molecular flexibility index (Phi) is 2.28. The van der Waals surface area contributed by atoms with Gasteiger partial charge in [-0.25, -0.2) is 4.39 Å². The fourth-order valence-corrected chi connectivity index (χ4v) is 1.20. The summed E-state index contributed by atoms with van der Waals surface area (Å²) in [5.74, 6) is -0.143. The van der Waals surface area contributed by atoms with Gasteiger partial charge in [-0.15, -0.1) is 0 Å². The molecule has 1 aromatic carbocycles. The van der Waals surface area contributed by atoms with Crippen LogP contribution in [0, 0.1) is 23.2 Å². The molecule has 54 valence electrons. The largest absolute Gasteiger partial charge is 0.207 e. The van der Waals surface area contributed by atoms with Gasteiger partial charge in [-0.2, -0.15) is 0 Å². The molecule has 0 saturated heterocycles. The fourth-order valence-electron chi connectivity index (χ4n) is 0.893. The Bertz CT molecular complexity index is 232. The van der Waals surface area contributed by atoms with E-state index in [-0.39, 0.29) is 5.82 Å². The second-order valence-corrected chi connectivity index (χ2v) is 3.43. The SMILES string of the molecule is Cc1cc(F)cc(C)c1I. The monoisotopic (exact) mass is 250 g/mol. The minimum Gasteiger partial charge on any atom is -0.207 e. The fraction of sp³-hybridized carbons (Fsp3) is 0.250. The van der Waals surface area contributed by atoms with Crippen LogP contribution in [0.15, 0.2) is 12.1 Å². The molecule has 1 aromatic rings. The Balaban J connectivity index is 3.31. The summed E-state index contributed by atoms with van der Waals surface area (Å²) in [6.07, 6.45) is 0. The van der Waals surface area contributed by atoms with Crippen LogP contribution in [-0.4, -0.2) is 0 Å². The third-order valence-corrected chi connectivity index (χ3v) is 3.10. The topological polar surface area (TPSA) is 0 Å². The maximum absolute atomic E-state index is 12.6. The van der Waals surface area contributed by atoms with E-state index in [1.807, 2.05) is 13.8 Å². The van der Waals surface area contributed by atoms with Crippen LogP contribution in [0.2, 0.25) is 0 Å². The number of hydrogen-bond acceptors (Lipinski definition) is 0. The van der Waals surface area contributed by atoms with Crippen molar-refractivity contribution in [3.8, 4) is 0 Å². The highest BCUT2D eigenvalue weighted by Gasteiger charge is 1.99. The van der Waals surface area contributed by atoms with Crippen LogP contribution in [0.4, 0.5) is 4.39 Å². The van der Waals surface area contributed by atoms with E-state index in [1.54, 1.807) is 12.1 Å². The zero-order chi connectivity index (χ0) is 7.72. The van der Waals surface area contributed by atoms with Gasteiger partial charge in [0.25, 0.3) is 0 Å². The van der Waals surface area contributed by atoms with E-state index in [1.165, 1.54) is 0 Å². The first kappa shape index (κ1) is 7.98. The first-order chi connectivity index (χ1) is 4.61. The van der Waals surface area contributed by atoms with Crippen molar-refractivity contribution in [2.75, 3.05) is 0 Å². The summed E-state index contributed by atoms with van der Waals surface area (Å²) in [5, 5.41) is 0. The average Bonchev–Trinajstić information content (AvgIpc) is 1.82. The molecule has 0 fully saturated rings. The third kappa shape index (κ3) is 1.48. The molecule has 0 aliphatic heterocycles. The van der Waals surface area contributed by atoms with Gasteiger partial charge < -0.3 is 0 Å². The Morgan fingerprint density at radius 1 is 1.20 bits per heavy atom. The van der Waals surface area contributed by atoms with E-state index in [2.05, 4.69) is 22.6 Å². The average molecular weight is 250 g/mol. The molecule has 0 saturated carbocycles. The van der Waals surface area contributed by atoms with Crippen molar-refractivity contribution in [1.29, 1.82) is 0 Å². The molecule has 0 amide bonds. The van der Waals surface area contributed by atoms with E-state index in [9.17, 15) is 4.39 Å². The lowest BCUT2D eigenvalue weighted by Crippen LogP contribution is -1.87. The summed E-state index contributed by atoms with van der Waals surface area (Å²) in [6, 6.07) is 3.10. The van der Waals surface area contributed by atoms with Crippen molar-refractivity contribution in [3.05, 3.63) is 32.6 Å². The van der Waals surface area contributed by atoms with Crippen LogP contribution in [-0.2, 0) is 0 Å². The molecule has 0 heterocycles. The zero-order valence-corrected chi connectivity index (χ0v) is 8.07. The van der Waals surface area contributed by atoms with Gasteiger partial charge in [-0.3, -0.25) is 0 Å². The van der Waals surface area contributed by atoms with Crippen LogP contribution >= 0.6 is 22.6 Å². The van der Waals surface area contributed by atoms with Crippen LogP contribution in [0.1, 0.15) is 11.1 Å². The molecule has 0 unspecified atom stereocenters. The van der Waals surface area contributed by atoms with Gasteiger partial charge >= 0.3 is 0 Å². The van der Waals surface area contributed by atoms with Gasteiger partial charge in [-0.1, -0.05) is 0 Å². The van der Waals surface area contributed by atoms with E-state index in [0.29, 0.717) is 0 Å². The molecule has 0 nitrogen and oxygen atoms in total. The lowest BCUT2D eigenvalue weighted by Gasteiger charge is -2.01. The molecule has 0 aliphatic rings. The van der Waals surface area contributed by atoms with Crippen LogP contribution in [0.5, 0.6) is 0 Å². The maximum atomic E-state index is 12.6. The Hall–Kier alpha value is -0.120. The normalized spacial score (nSPS) is 10.0. The highest BCUT2D eigenvalue weighted by molar-refractivity contribution is 14.1. The summed E-state index contributed by atoms with van der Waals surface area (Å²) in [6.45, 7) is 3.83. The van der Waals surface area contributed by atoms with E-state index < -0.39 is 0 Å². The summed E-state index contributed by atoms with van der Waals surface area (Å²) in [5.41, 5.74) is 2.02. The molecule has 0 atom stereocenters. The highest BCUT2D eigenvalue weighted by atomic mass is 127. The van der Waals surface area contributed by atoms with Gasteiger partial charge in [0, 0.05) is 3.57 Å². The van der Waals surface area contributed by atoms with Crippen LogP contribution in [0.3, 0.4) is 0 Å². The lowest BCUT2D eigenvalue weighted by atomic mass is 10.2. The van der Waals surface area contributed by atoms with Crippen molar-refractivity contribution >= 4 is 22.6 Å². The molecule has 10 heavy (non-hydrogen) atoms. The number of rotatable bonds is 0. The van der Waals surface area contributed by atoms with Gasteiger partial charge in [-0.05, 0) is 59.7 Å². The number of aryl methyl sites for hydroxylation is 2. The Labute approximate surface area is 73.6 Å². The van der Waals surface area contributed by atoms with E-state index >= 15 is 0 Å². The highest BCUT2D eigenvalue weighted by Crippen LogP contribution is 2.17. The Morgan fingerprint density at radius 2 is 1.60 bits per heavy atom. The second kappa shape index (κ2) is 2.86. The van der Waals surface area contributed by atoms with Gasteiger partial charge in [0.15, 0.2) is 0 Å². The first-order valence-corrected chi connectivity index (χ1v) is 4.11. The lowest BCUT2D eigenvalue weighted by molar-refractivity contribution is 0.625. The van der Waals surface area contributed by atoms with Gasteiger partial charge in [0.2, 0.25) is 0 Å². The molecule has 0 spiro atoms. The van der Waals surface area contributed by atoms with Crippen molar-refractivity contribution in [2.24, 2.45) is 0 Å². The van der Waals surface area contributed by atoms with Crippen molar-refractivity contribution in [3.63, 3.8) is 0 Å². The molecule has 2 heteroatoms. The van der Waals surface area contributed by atoms with E-state index in [4.69, 9.17) is 0 Å². The molecule has 0 N–H and O–H groups in total. The third-order valence-electron chi connectivity index (χ3n) is 1.40. The standard InChI is InChI=1S/C8H8FI/c1-5-3-7(9)4-6(2)8(5)10/h3-4H,1-2H3. The molecule has 0 aliphatic carbocycles. The van der Waals surface area contributed by atoms with Gasteiger partial charge in [0.1, 0.15) is 5.82 Å². The molecule has 0 radical (unpaired) electrons. The Morgan fingerprint density at radius 3 is 2.00 bits per heavy atom. The summed E-state index contributed by atoms with van der Waals surface area (Å²) in [4.78, 5) is 0. The minimum atomic E-state index is -0.143.